The number of carbonyl (C=O) groups is 1. The van der Waals surface area contributed by atoms with Gasteiger partial charge in [0.05, 0.1) is 35.0 Å². The molecule has 0 atom stereocenters. The number of amides is 1. The first-order valence-corrected chi connectivity index (χ1v) is 11.2. The highest BCUT2D eigenvalue weighted by atomic mass is 127. The average Bonchev–Trinajstić information content (AvgIpc) is 2.99. The summed E-state index contributed by atoms with van der Waals surface area (Å²) in [7, 11) is 3.18. The third-order valence-corrected chi connectivity index (χ3v) is 6.22. The number of thioether (sulfide) groups is 1. The second kappa shape index (κ2) is 9.82. The van der Waals surface area contributed by atoms with Crippen molar-refractivity contribution in [3.05, 3.63) is 50.4 Å². The van der Waals surface area contributed by atoms with E-state index in [2.05, 4.69) is 29.5 Å². The highest BCUT2D eigenvalue weighted by Crippen LogP contribution is 2.41. The fourth-order valence-corrected chi connectivity index (χ4v) is 4.87. The minimum Gasteiger partial charge on any atom is -0.495 e. The Morgan fingerprint density at radius 3 is 2.59 bits per heavy atom. The van der Waals surface area contributed by atoms with Crippen LogP contribution in [0.25, 0.3) is 6.08 Å². The van der Waals surface area contributed by atoms with E-state index in [1.807, 2.05) is 36.4 Å². The fourth-order valence-electron chi connectivity index (χ4n) is 2.81. The van der Waals surface area contributed by atoms with Gasteiger partial charge in [-0.15, -0.1) is 0 Å². The lowest BCUT2D eigenvalue weighted by molar-refractivity contribution is -0.113. The molecule has 0 aromatic heterocycles. The number of carbonyl (C=O) groups excluding carboxylic acids is 1. The van der Waals surface area contributed by atoms with E-state index in [4.69, 9.17) is 26.4 Å². The minimum atomic E-state index is -0.176. The monoisotopic (exact) mass is 541 g/mol. The number of benzene rings is 2. The van der Waals surface area contributed by atoms with Crippen molar-refractivity contribution in [2.75, 3.05) is 25.7 Å². The minimum absolute atomic E-state index is 0.176. The van der Waals surface area contributed by atoms with Crippen LogP contribution < -0.4 is 19.1 Å². The van der Waals surface area contributed by atoms with Crippen LogP contribution in [0.3, 0.4) is 0 Å². The summed E-state index contributed by atoms with van der Waals surface area (Å²) in [6.07, 6.45) is 2.73. The Morgan fingerprint density at radius 2 is 1.90 bits per heavy atom. The average molecular weight is 541 g/mol. The van der Waals surface area contributed by atoms with E-state index in [-0.39, 0.29) is 5.91 Å². The third kappa shape index (κ3) is 4.70. The summed E-state index contributed by atoms with van der Waals surface area (Å²) < 4.78 is 18.1. The Labute approximate surface area is 193 Å². The molecule has 1 fully saturated rings. The molecule has 1 amide bonds. The van der Waals surface area contributed by atoms with Gasteiger partial charge in [-0.25, -0.2) is 0 Å². The van der Waals surface area contributed by atoms with Crippen molar-refractivity contribution in [2.45, 2.75) is 13.3 Å². The molecular weight excluding hydrogens is 521 g/mol. The molecule has 1 saturated heterocycles. The maximum atomic E-state index is 13.1. The van der Waals surface area contributed by atoms with Crippen LogP contribution in [0.5, 0.6) is 17.2 Å². The zero-order valence-corrected chi connectivity index (χ0v) is 20.0. The summed E-state index contributed by atoms with van der Waals surface area (Å²) in [5.74, 6) is 1.77. The van der Waals surface area contributed by atoms with E-state index in [1.165, 1.54) is 16.7 Å². The Hall–Kier alpha value is -1.78. The zero-order chi connectivity index (χ0) is 21.0. The smallest absolute Gasteiger partial charge is 0.270 e. The summed E-state index contributed by atoms with van der Waals surface area (Å²) >= 11 is 8.95. The molecule has 1 aliphatic rings. The van der Waals surface area contributed by atoms with Gasteiger partial charge in [-0.3, -0.25) is 9.69 Å². The van der Waals surface area contributed by atoms with Crippen LogP contribution in [-0.4, -0.2) is 31.1 Å². The lowest BCUT2D eigenvalue weighted by atomic mass is 10.1. The number of para-hydroxylation sites is 2. The van der Waals surface area contributed by atoms with Crippen molar-refractivity contribution in [3.63, 3.8) is 0 Å². The Morgan fingerprint density at radius 1 is 1.17 bits per heavy atom. The van der Waals surface area contributed by atoms with Gasteiger partial charge in [0.25, 0.3) is 5.91 Å². The number of hydrogen-bond donors (Lipinski definition) is 0. The Bertz CT molecular complexity index is 977. The van der Waals surface area contributed by atoms with Gasteiger partial charge in [-0.2, -0.15) is 0 Å². The summed E-state index contributed by atoms with van der Waals surface area (Å²) in [4.78, 5) is 15.1. The van der Waals surface area contributed by atoms with Crippen LogP contribution in [0.15, 0.2) is 41.3 Å². The lowest BCUT2D eigenvalue weighted by Gasteiger charge is -2.17. The zero-order valence-electron chi connectivity index (χ0n) is 16.2. The molecule has 0 unspecified atom stereocenters. The molecule has 0 N–H and O–H groups in total. The normalized spacial score (nSPS) is 15.2. The van der Waals surface area contributed by atoms with Crippen LogP contribution in [-0.2, 0) is 4.79 Å². The van der Waals surface area contributed by atoms with Crippen molar-refractivity contribution >= 4 is 68.6 Å². The highest BCUT2D eigenvalue weighted by Gasteiger charge is 2.34. The van der Waals surface area contributed by atoms with Gasteiger partial charge in [0.15, 0.2) is 15.8 Å². The molecule has 1 aliphatic heterocycles. The number of hydrogen-bond acceptors (Lipinski definition) is 6. The van der Waals surface area contributed by atoms with Gasteiger partial charge in [0.1, 0.15) is 5.75 Å². The van der Waals surface area contributed by atoms with E-state index < -0.39 is 0 Å². The molecule has 0 saturated carbocycles. The molecule has 0 radical (unpaired) electrons. The number of ether oxygens (including phenoxy) is 3. The van der Waals surface area contributed by atoms with E-state index in [1.54, 1.807) is 20.3 Å². The molecule has 3 rings (SSSR count). The van der Waals surface area contributed by atoms with Crippen molar-refractivity contribution in [1.82, 2.24) is 0 Å². The number of methoxy groups -OCH3 is 2. The van der Waals surface area contributed by atoms with Gasteiger partial charge in [0.2, 0.25) is 0 Å². The molecule has 1 heterocycles. The van der Waals surface area contributed by atoms with Gasteiger partial charge in [0, 0.05) is 0 Å². The van der Waals surface area contributed by atoms with E-state index in [0.29, 0.717) is 38.8 Å². The molecule has 0 spiro atoms. The first-order valence-electron chi connectivity index (χ1n) is 8.91. The van der Waals surface area contributed by atoms with Gasteiger partial charge < -0.3 is 14.2 Å². The summed E-state index contributed by atoms with van der Waals surface area (Å²) in [5.41, 5.74) is 1.48. The van der Waals surface area contributed by atoms with Crippen LogP contribution in [0, 0.1) is 3.57 Å². The molecule has 0 bridgehead atoms. The Balaban J connectivity index is 1.94. The SMILES string of the molecule is CCCOc1c(I)cc(/C=C2\SC(=S)N(c3ccccc3OC)C2=O)cc1OC. The summed E-state index contributed by atoms with van der Waals surface area (Å²) in [5, 5.41) is 0. The van der Waals surface area contributed by atoms with Crippen molar-refractivity contribution in [3.8, 4) is 17.2 Å². The summed E-state index contributed by atoms with van der Waals surface area (Å²) in [6, 6.07) is 11.2. The van der Waals surface area contributed by atoms with Gasteiger partial charge in [-0.1, -0.05) is 43.0 Å². The molecular formula is C21H20INO4S2. The maximum Gasteiger partial charge on any atom is 0.270 e. The predicted octanol–water partition coefficient (Wildman–Crippen LogP) is 5.50. The lowest BCUT2D eigenvalue weighted by Crippen LogP contribution is -2.27. The van der Waals surface area contributed by atoms with Crippen molar-refractivity contribution in [2.24, 2.45) is 0 Å². The van der Waals surface area contributed by atoms with Crippen LogP contribution in [0.4, 0.5) is 5.69 Å². The first-order chi connectivity index (χ1) is 14.0. The second-order valence-electron chi connectivity index (χ2n) is 6.07. The van der Waals surface area contributed by atoms with E-state index in [9.17, 15) is 4.79 Å². The standard InChI is InChI=1S/C21H20INO4S2/c1-4-9-27-19-14(22)10-13(11-17(19)26-3)12-18-20(24)23(21(28)29-18)15-7-5-6-8-16(15)25-2/h5-8,10-12H,4,9H2,1-3H3/b18-12-. The number of nitrogens with zero attached hydrogens (tertiary/aromatic N) is 1. The van der Waals surface area contributed by atoms with E-state index in [0.717, 1.165) is 15.6 Å². The quantitative estimate of drug-likeness (QED) is 0.262. The molecule has 8 heteroatoms. The van der Waals surface area contributed by atoms with Crippen molar-refractivity contribution in [1.29, 1.82) is 0 Å². The van der Waals surface area contributed by atoms with Crippen LogP contribution >= 0.6 is 46.6 Å². The molecule has 2 aromatic rings. The number of thiocarbonyl (C=S) groups is 1. The summed E-state index contributed by atoms with van der Waals surface area (Å²) in [6.45, 7) is 2.67. The fraction of sp³-hybridized carbons (Fsp3) is 0.238. The molecule has 29 heavy (non-hydrogen) atoms. The number of rotatable bonds is 7. The van der Waals surface area contributed by atoms with Gasteiger partial charge >= 0.3 is 0 Å². The van der Waals surface area contributed by atoms with Crippen LogP contribution in [0.2, 0.25) is 0 Å². The number of anilines is 1. The molecule has 0 aliphatic carbocycles. The largest absolute Gasteiger partial charge is 0.495 e. The first kappa shape index (κ1) is 21.9. The Kier molecular flexibility index (Phi) is 7.42. The molecule has 5 nitrogen and oxygen atoms in total. The van der Waals surface area contributed by atoms with Gasteiger partial charge in [-0.05, 0) is 64.9 Å². The number of halogens is 1. The third-order valence-electron chi connectivity index (χ3n) is 4.12. The topological polar surface area (TPSA) is 48.0 Å². The van der Waals surface area contributed by atoms with Crippen molar-refractivity contribution < 1.29 is 19.0 Å². The maximum absolute atomic E-state index is 13.1. The van der Waals surface area contributed by atoms with Crippen LogP contribution in [0.1, 0.15) is 18.9 Å². The second-order valence-corrected chi connectivity index (χ2v) is 8.91. The predicted molar refractivity (Wildman–Crippen MR) is 130 cm³/mol. The highest BCUT2D eigenvalue weighted by molar-refractivity contribution is 14.1. The molecule has 152 valence electrons. The van der Waals surface area contributed by atoms with E-state index >= 15 is 0 Å². The molecule has 2 aromatic carbocycles.